The fourth-order valence-electron chi connectivity index (χ4n) is 3.79. The number of nitrogens with zero attached hydrogens (tertiary/aromatic N) is 2. The molecule has 1 aliphatic rings. The van der Waals surface area contributed by atoms with Crippen LogP contribution in [0, 0.1) is 5.92 Å². The van der Waals surface area contributed by atoms with Gasteiger partial charge >= 0.3 is 0 Å². The molecule has 2 aromatic rings. The lowest BCUT2D eigenvalue weighted by molar-refractivity contribution is -0.137. The van der Waals surface area contributed by atoms with E-state index in [-0.39, 0.29) is 28.7 Å². The van der Waals surface area contributed by atoms with Gasteiger partial charge in [-0.05, 0) is 61.7 Å². The maximum absolute atomic E-state index is 13.2. The van der Waals surface area contributed by atoms with Crippen molar-refractivity contribution in [3.8, 4) is 0 Å². The SMILES string of the molecule is CC(c1cccc(S(N)(=O)=O)c1)N(C)C(=O)C1CCCN(C(=O)c2ccc(Cl)cc2)C1. The van der Waals surface area contributed by atoms with E-state index in [0.29, 0.717) is 35.7 Å². The van der Waals surface area contributed by atoms with Gasteiger partial charge in [-0.2, -0.15) is 0 Å². The van der Waals surface area contributed by atoms with Gasteiger partial charge in [0, 0.05) is 30.7 Å². The molecule has 0 radical (unpaired) electrons. The standard InChI is InChI=1S/C22H26ClN3O4S/c1-15(17-5-3-7-20(13-17)31(24,29)30)25(2)21(27)18-6-4-12-26(14-18)22(28)16-8-10-19(23)11-9-16/h3,5,7-11,13,15,18H,4,6,12,14H2,1-2H3,(H2,24,29,30). The summed E-state index contributed by atoms with van der Waals surface area (Å²) in [6, 6.07) is 12.6. The first kappa shape index (κ1) is 23.2. The van der Waals surface area contributed by atoms with Crippen molar-refractivity contribution in [3.63, 3.8) is 0 Å². The quantitative estimate of drug-likeness (QED) is 0.736. The molecule has 31 heavy (non-hydrogen) atoms. The molecular weight excluding hydrogens is 438 g/mol. The van der Waals surface area contributed by atoms with Crippen molar-refractivity contribution in [1.29, 1.82) is 0 Å². The summed E-state index contributed by atoms with van der Waals surface area (Å²) in [5.41, 5.74) is 1.21. The van der Waals surface area contributed by atoms with E-state index >= 15 is 0 Å². The smallest absolute Gasteiger partial charge is 0.253 e. The molecule has 0 aliphatic carbocycles. The number of likely N-dealkylation sites (tertiary alicyclic amines) is 1. The number of amides is 2. The van der Waals surface area contributed by atoms with E-state index in [1.807, 2.05) is 6.92 Å². The highest BCUT2D eigenvalue weighted by Crippen LogP contribution is 2.26. The Bertz CT molecular complexity index is 1070. The first-order valence-corrected chi connectivity index (χ1v) is 11.9. The Balaban J connectivity index is 1.71. The highest BCUT2D eigenvalue weighted by Gasteiger charge is 2.32. The van der Waals surface area contributed by atoms with Gasteiger partial charge in [-0.1, -0.05) is 23.7 Å². The second kappa shape index (κ2) is 9.38. The third-order valence-corrected chi connectivity index (χ3v) is 6.91. The molecule has 1 fully saturated rings. The molecule has 166 valence electrons. The Morgan fingerprint density at radius 2 is 1.87 bits per heavy atom. The highest BCUT2D eigenvalue weighted by atomic mass is 35.5. The van der Waals surface area contributed by atoms with Gasteiger partial charge in [0.2, 0.25) is 15.9 Å². The van der Waals surface area contributed by atoms with E-state index in [1.165, 1.54) is 12.1 Å². The highest BCUT2D eigenvalue weighted by molar-refractivity contribution is 7.89. The number of carbonyl (C=O) groups excluding carboxylic acids is 2. The third-order valence-electron chi connectivity index (χ3n) is 5.75. The molecule has 2 N–H and O–H groups in total. The topological polar surface area (TPSA) is 101 Å². The molecule has 0 saturated carbocycles. The summed E-state index contributed by atoms with van der Waals surface area (Å²) in [5.74, 6) is -0.522. The number of benzene rings is 2. The monoisotopic (exact) mass is 463 g/mol. The molecule has 1 aliphatic heterocycles. The average molecular weight is 464 g/mol. The fourth-order valence-corrected chi connectivity index (χ4v) is 4.49. The van der Waals surface area contributed by atoms with Gasteiger partial charge in [-0.3, -0.25) is 9.59 Å². The Hall–Kier alpha value is -2.42. The number of halogens is 1. The van der Waals surface area contributed by atoms with E-state index in [4.69, 9.17) is 16.7 Å². The summed E-state index contributed by atoms with van der Waals surface area (Å²) in [7, 11) is -2.14. The van der Waals surface area contributed by atoms with E-state index in [9.17, 15) is 18.0 Å². The van der Waals surface area contributed by atoms with Crippen LogP contribution in [0.25, 0.3) is 0 Å². The van der Waals surface area contributed by atoms with Crippen LogP contribution < -0.4 is 5.14 Å². The van der Waals surface area contributed by atoms with Crippen LogP contribution in [0.3, 0.4) is 0 Å². The van der Waals surface area contributed by atoms with Crippen LogP contribution in [0.1, 0.15) is 41.7 Å². The maximum atomic E-state index is 13.2. The number of sulfonamides is 1. The summed E-state index contributed by atoms with van der Waals surface area (Å²) in [4.78, 5) is 29.3. The van der Waals surface area contributed by atoms with Crippen LogP contribution in [0.4, 0.5) is 0 Å². The molecule has 0 spiro atoms. The van der Waals surface area contributed by atoms with Crippen molar-refractivity contribution >= 4 is 33.4 Å². The Morgan fingerprint density at radius 1 is 1.19 bits per heavy atom. The van der Waals surface area contributed by atoms with E-state index in [2.05, 4.69) is 0 Å². The van der Waals surface area contributed by atoms with Crippen LogP contribution in [0.15, 0.2) is 53.4 Å². The largest absolute Gasteiger partial charge is 0.339 e. The number of carbonyl (C=O) groups is 2. The maximum Gasteiger partial charge on any atom is 0.253 e. The van der Waals surface area contributed by atoms with E-state index < -0.39 is 10.0 Å². The molecule has 1 heterocycles. The summed E-state index contributed by atoms with van der Waals surface area (Å²) in [5, 5.41) is 5.79. The second-order valence-corrected chi connectivity index (χ2v) is 9.84. The van der Waals surface area contributed by atoms with Gasteiger partial charge in [0.15, 0.2) is 0 Å². The minimum atomic E-state index is -3.83. The van der Waals surface area contributed by atoms with E-state index in [1.54, 1.807) is 53.2 Å². The van der Waals surface area contributed by atoms with Gasteiger partial charge < -0.3 is 9.80 Å². The van der Waals surface area contributed by atoms with Crippen LogP contribution in [-0.4, -0.2) is 50.2 Å². The lowest BCUT2D eigenvalue weighted by Gasteiger charge is -2.36. The van der Waals surface area contributed by atoms with Gasteiger partial charge in [0.25, 0.3) is 5.91 Å². The van der Waals surface area contributed by atoms with Crippen LogP contribution in [-0.2, 0) is 14.8 Å². The van der Waals surface area contributed by atoms with Gasteiger partial charge in [0.1, 0.15) is 0 Å². The summed E-state index contributed by atoms with van der Waals surface area (Å²) >= 11 is 5.90. The third kappa shape index (κ3) is 5.44. The van der Waals surface area contributed by atoms with Gasteiger partial charge in [0.05, 0.1) is 16.9 Å². The number of rotatable bonds is 5. The zero-order valence-electron chi connectivity index (χ0n) is 17.5. The number of hydrogen-bond donors (Lipinski definition) is 1. The molecule has 2 atom stereocenters. The average Bonchev–Trinajstić information content (AvgIpc) is 2.77. The summed E-state index contributed by atoms with van der Waals surface area (Å²) in [6.07, 6.45) is 1.43. The first-order valence-electron chi connectivity index (χ1n) is 10.0. The second-order valence-electron chi connectivity index (χ2n) is 7.84. The van der Waals surface area contributed by atoms with Crippen LogP contribution >= 0.6 is 11.6 Å². The molecule has 3 rings (SSSR count). The van der Waals surface area contributed by atoms with E-state index in [0.717, 1.165) is 6.42 Å². The number of hydrogen-bond acceptors (Lipinski definition) is 4. The molecule has 1 saturated heterocycles. The normalized spacial score (nSPS) is 17.8. The fraction of sp³-hybridized carbons (Fsp3) is 0.364. The lowest BCUT2D eigenvalue weighted by atomic mass is 9.95. The molecule has 0 aromatic heterocycles. The molecule has 7 nitrogen and oxygen atoms in total. The zero-order chi connectivity index (χ0) is 22.8. The zero-order valence-corrected chi connectivity index (χ0v) is 19.1. The summed E-state index contributed by atoms with van der Waals surface area (Å²) in [6.45, 7) is 2.77. The molecule has 0 bridgehead atoms. The predicted molar refractivity (Wildman–Crippen MR) is 119 cm³/mol. The first-order chi connectivity index (χ1) is 14.6. The number of nitrogens with two attached hydrogens (primary N) is 1. The minimum Gasteiger partial charge on any atom is -0.339 e. The van der Waals surface area contributed by atoms with Crippen molar-refractivity contribution < 1.29 is 18.0 Å². The van der Waals surface area contributed by atoms with Crippen molar-refractivity contribution in [2.24, 2.45) is 11.1 Å². The van der Waals surface area contributed by atoms with Crippen LogP contribution in [0.2, 0.25) is 5.02 Å². The predicted octanol–water partition coefficient (Wildman–Crippen LogP) is 3.06. The number of piperidine rings is 1. The molecule has 2 unspecified atom stereocenters. The lowest BCUT2D eigenvalue weighted by Crippen LogP contribution is -2.46. The van der Waals surface area contributed by atoms with Gasteiger partial charge in [-0.25, -0.2) is 13.6 Å². The minimum absolute atomic E-state index is 0.00935. The molecular formula is C22H26ClN3O4S. The summed E-state index contributed by atoms with van der Waals surface area (Å²) < 4.78 is 23.3. The van der Waals surface area contributed by atoms with Crippen molar-refractivity contribution in [3.05, 3.63) is 64.7 Å². The number of primary sulfonamides is 1. The Labute approximate surface area is 187 Å². The van der Waals surface area contributed by atoms with Crippen molar-refractivity contribution in [2.75, 3.05) is 20.1 Å². The Kier molecular flexibility index (Phi) is 7.03. The Morgan fingerprint density at radius 3 is 2.52 bits per heavy atom. The molecule has 2 amide bonds. The van der Waals surface area contributed by atoms with Crippen molar-refractivity contribution in [2.45, 2.75) is 30.7 Å². The van der Waals surface area contributed by atoms with Crippen LogP contribution in [0.5, 0.6) is 0 Å². The molecule has 2 aromatic carbocycles. The molecule has 9 heteroatoms. The van der Waals surface area contributed by atoms with Gasteiger partial charge in [-0.15, -0.1) is 0 Å². The van der Waals surface area contributed by atoms with Crippen molar-refractivity contribution in [1.82, 2.24) is 9.80 Å².